The quantitative estimate of drug-likeness (QED) is 0.451. The van der Waals surface area contributed by atoms with Crippen LogP contribution in [0.5, 0.6) is 0 Å². The number of fused-ring (bicyclic) bond motifs is 2. The van der Waals surface area contributed by atoms with Crippen molar-refractivity contribution in [2.45, 2.75) is 52.5 Å². The number of esters is 1. The van der Waals surface area contributed by atoms with Gasteiger partial charge in [0.05, 0.1) is 35.2 Å². The molecule has 0 fully saturated rings. The van der Waals surface area contributed by atoms with Crippen molar-refractivity contribution in [2.75, 3.05) is 18.6 Å². The Kier molecular flexibility index (Phi) is 6.92. The second-order valence-corrected chi connectivity index (χ2v) is 10.8. The van der Waals surface area contributed by atoms with Crippen molar-refractivity contribution in [3.05, 3.63) is 96.2 Å². The van der Waals surface area contributed by atoms with Crippen LogP contribution in [-0.4, -0.2) is 30.1 Å². The fraction of sp³-hybridized carbons (Fsp3) is 0.333. The van der Waals surface area contributed by atoms with E-state index < -0.39 is 12.0 Å². The van der Waals surface area contributed by atoms with E-state index >= 15 is 0 Å². The average molecular weight is 530 g/mol. The highest BCUT2D eigenvalue weighted by Gasteiger charge is 2.36. The lowest BCUT2D eigenvalue weighted by atomic mass is 9.92. The van der Waals surface area contributed by atoms with Crippen LogP contribution in [0.1, 0.15) is 69.2 Å². The van der Waals surface area contributed by atoms with Crippen molar-refractivity contribution in [1.29, 1.82) is 0 Å². The van der Waals surface area contributed by atoms with Gasteiger partial charge >= 0.3 is 5.97 Å². The summed E-state index contributed by atoms with van der Waals surface area (Å²) in [5.41, 5.74) is 4.49. The van der Waals surface area contributed by atoms with Gasteiger partial charge in [-0.05, 0) is 36.5 Å². The van der Waals surface area contributed by atoms with Gasteiger partial charge in [0, 0.05) is 12.6 Å². The molecule has 0 unspecified atom stereocenters. The number of rotatable bonds is 6. The Morgan fingerprint density at radius 2 is 1.79 bits per heavy atom. The molecule has 38 heavy (non-hydrogen) atoms. The van der Waals surface area contributed by atoms with Crippen LogP contribution in [0.15, 0.2) is 69.6 Å². The number of carbonyl (C=O) groups excluding carboxylic acids is 2. The highest BCUT2D eigenvalue weighted by Crippen LogP contribution is 2.35. The molecule has 3 heterocycles. The highest BCUT2D eigenvalue weighted by molar-refractivity contribution is 7.07. The summed E-state index contributed by atoms with van der Waals surface area (Å²) >= 11 is 1.20. The monoisotopic (exact) mass is 529 g/mol. The normalized spacial score (nSPS) is 18.0. The van der Waals surface area contributed by atoms with E-state index in [1.807, 2.05) is 55.5 Å². The smallest absolute Gasteiger partial charge is 0.338 e. The van der Waals surface area contributed by atoms with Crippen LogP contribution in [-0.2, 0) is 14.3 Å². The van der Waals surface area contributed by atoms with Gasteiger partial charge in [-0.1, -0.05) is 81.0 Å². The lowest BCUT2D eigenvalue weighted by molar-refractivity contribution is -0.139. The number of ether oxygens (including phenoxy) is 1. The zero-order valence-corrected chi connectivity index (χ0v) is 23.1. The zero-order chi connectivity index (χ0) is 27.1. The molecule has 5 rings (SSSR count). The number of hydrogen-bond acceptors (Lipinski definition) is 6. The third-order valence-electron chi connectivity index (χ3n) is 7.07. The number of aromatic nitrogens is 1. The third kappa shape index (κ3) is 4.13. The lowest BCUT2D eigenvalue weighted by Gasteiger charge is -2.26. The predicted octanol–water partition coefficient (Wildman–Crippen LogP) is 4.05. The summed E-state index contributed by atoms with van der Waals surface area (Å²) in [6.07, 6.45) is 1.34. The first-order valence-electron chi connectivity index (χ1n) is 13.0. The van der Waals surface area contributed by atoms with Gasteiger partial charge in [-0.25, -0.2) is 9.79 Å². The maximum absolute atomic E-state index is 14.2. The maximum Gasteiger partial charge on any atom is 0.338 e. The molecule has 196 valence electrons. The number of thiazole rings is 1. The first kappa shape index (κ1) is 25.9. The van der Waals surface area contributed by atoms with E-state index in [1.54, 1.807) is 23.4 Å². The maximum atomic E-state index is 14.2. The Morgan fingerprint density at radius 1 is 1.08 bits per heavy atom. The van der Waals surface area contributed by atoms with Gasteiger partial charge in [-0.15, -0.1) is 0 Å². The van der Waals surface area contributed by atoms with E-state index in [1.165, 1.54) is 11.3 Å². The lowest BCUT2D eigenvalue weighted by Crippen LogP contribution is -2.41. The van der Waals surface area contributed by atoms with Crippen LogP contribution in [0.2, 0.25) is 0 Å². The van der Waals surface area contributed by atoms with E-state index in [2.05, 4.69) is 13.8 Å². The molecule has 2 aliphatic heterocycles. The fourth-order valence-electron chi connectivity index (χ4n) is 5.14. The molecule has 0 radical (unpaired) electrons. The van der Waals surface area contributed by atoms with Crippen molar-refractivity contribution in [3.8, 4) is 0 Å². The molecule has 0 aliphatic carbocycles. The van der Waals surface area contributed by atoms with E-state index in [4.69, 9.17) is 9.73 Å². The second kappa shape index (κ2) is 10.2. The molecule has 2 aromatic carbocycles. The van der Waals surface area contributed by atoms with Gasteiger partial charge in [0.2, 0.25) is 0 Å². The number of allylic oxidation sites excluding steroid dienone is 1. The van der Waals surface area contributed by atoms with Crippen LogP contribution in [0.4, 0.5) is 5.69 Å². The Hall–Kier alpha value is -3.78. The Morgan fingerprint density at radius 3 is 2.45 bits per heavy atom. The first-order chi connectivity index (χ1) is 18.3. The number of hydrogen-bond donors (Lipinski definition) is 0. The van der Waals surface area contributed by atoms with E-state index in [0.29, 0.717) is 38.5 Å². The van der Waals surface area contributed by atoms with E-state index in [0.717, 1.165) is 28.8 Å². The predicted molar refractivity (Wildman–Crippen MR) is 149 cm³/mol. The summed E-state index contributed by atoms with van der Waals surface area (Å²) in [5, 5.41) is 0. The van der Waals surface area contributed by atoms with Crippen LogP contribution >= 0.6 is 11.3 Å². The van der Waals surface area contributed by atoms with Crippen molar-refractivity contribution < 1.29 is 14.3 Å². The Labute approximate surface area is 225 Å². The summed E-state index contributed by atoms with van der Waals surface area (Å²) in [4.78, 5) is 47.7. The first-order valence-corrected chi connectivity index (χ1v) is 13.8. The largest absolute Gasteiger partial charge is 0.463 e. The van der Waals surface area contributed by atoms with Gasteiger partial charge in [0.15, 0.2) is 4.80 Å². The van der Waals surface area contributed by atoms with Crippen LogP contribution in [0, 0.1) is 0 Å². The van der Waals surface area contributed by atoms with Gasteiger partial charge in [0.25, 0.3) is 11.5 Å². The minimum absolute atomic E-state index is 0.215. The third-order valence-corrected chi connectivity index (χ3v) is 8.12. The highest BCUT2D eigenvalue weighted by atomic mass is 32.1. The number of carbonyl (C=O) groups is 2. The molecule has 0 bridgehead atoms. The second-order valence-electron chi connectivity index (χ2n) is 9.81. The molecular formula is C30H31N3O4S. The minimum Gasteiger partial charge on any atom is -0.463 e. The van der Waals surface area contributed by atoms with Gasteiger partial charge < -0.3 is 9.64 Å². The summed E-state index contributed by atoms with van der Waals surface area (Å²) in [6.45, 7) is 8.25. The number of para-hydroxylation sites is 1. The number of benzene rings is 2. The molecule has 8 heteroatoms. The van der Waals surface area contributed by atoms with Crippen LogP contribution in [0.3, 0.4) is 0 Å². The van der Waals surface area contributed by atoms with Crippen molar-refractivity contribution >= 4 is 34.5 Å². The molecular weight excluding hydrogens is 498 g/mol. The zero-order valence-electron chi connectivity index (χ0n) is 22.3. The molecule has 2 aliphatic rings. The average Bonchev–Trinajstić information content (AvgIpc) is 3.36. The molecule has 1 amide bonds. The summed E-state index contributed by atoms with van der Waals surface area (Å²) < 4.78 is 7.37. The van der Waals surface area contributed by atoms with Gasteiger partial charge in [-0.2, -0.15) is 0 Å². The molecule has 0 N–H and O–H groups in total. The number of amides is 1. The van der Waals surface area contributed by atoms with Crippen LogP contribution < -0.4 is 19.8 Å². The van der Waals surface area contributed by atoms with E-state index in [-0.39, 0.29) is 18.1 Å². The standard InChI is InChI=1S/C30H31N3O4S/c1-6-10-21-24(29(36)37-7-2)25(19-15-13-18(14-16-19)17(3)4)33-28(35)26(38-30(33)31-21)23-20-11-8-9-12-22(20)32(5)27(23)34/h8-9,11-17,25H,6-7,10H2,1-5H3/b26-23-/t25-/m0/s1. The molecule has 0 saturated carbocycles. The Bertz CT molecular complexity index is 1640. The molecule has 1 aromatic heterocycles. The number of likely N-dealkylation sites (N-methyl/N-ethyl adjacent to an activating group) is 1. The minimum atomic E-state index is -0.702. The number of anilines is 1. The molecule has 3 aromatic rings. The van der Waals surface area contributed by atoms with Gasteiger partial charge in [0.1, 0.15) is 4.53 Å². The van der Waals surface area contributed by atoms with E-state index in [9.17, 15) is 14.4 Å². The molecule has 0 spiro atoms. The van der Waals surface area contributed by atoms with Crippen LogP contribution in [0.25, 0.3) is 5.57 Å². The summed E-state index contributed by atoms with van der Waals surface area (Å²) in [6, 6.07) is 14.8. The molecule has 7 nitrogen and oxygen atoms in total. The van der Waals surface area contributed by atoms with Gasteiger partial charge in [-0.3, -0.25) is 14.2 Å². The summed E-state index contributed by atoms with van der Waals surface area (Å²) in [7, 11) is 1.71. The molecule has 0 saturated heterocycles. The van der Waals surface area contributed by atoms with Crippen molar-refractivity contribution in [3.63, 3.8) is 0 Å². The topological polar surface area (TPSA) is 81.0 Å². The molecule has 1 atom stereocenters. The van der Waals surface area contributed by atoms with Crippen molar-refractivity contribution in [1.82, 2.24) is 4.57 Å². The fourth-order valence-corrected chi connectivity index (χ4v) is 6.25. The summed E-state index contributed by atoms with van der Waals surface area (Å²) in [5.74, 6) is -0.362. The Balaban J connectivity index is 1.83. The number of nitrogens with zero attached hydrogens (tertiary/aromatic N) is 3. The van der Waals surface area contributed by atoms with Crippen molar-refractivity contribution in [2.24, 2.45) is 4.99 Å². The SMILES string of the molecule is CCCC1=C(C(=O)OCC)[C@H](c2ccc(C(C)C)cc2)n2c(s/c(=C3\C(=O)N(C)c4ccccc43)c2=O)=N1.